The molecule has 0 spiro atoms. The zero-order valence-electron chi connectivity index (χ0n) is 10.8. The second kappa shape index (κ2) is 5.25. The molecule has 0 bridgehead atoms. The zero-order chi connectivity index (χ0) is 13.1. The molecule has 96 valence electrons. The van der Waals surface area contributed by atoms with Gasteiger partial charge in [0.25, 0.3) is 0 Å². The molecule has 0 saturated heterocycles. The fourth-order valence-electron chi connectivity index (χ4n) is 2.16. The highest BCUT2D eigenvalue weighted by molar-refractivity contribution is 5.82. The van der Waals surface area contributed by atoms with Gasteiger partial charge in [0.05, 0.1) is 0 Å². The predicted octanol–water partition coefficient (Wildman–Crippen LogP) is 3.54. The van der Waals surface area contributed by atoms with E-state index in [0.717, 1.165) is 42.2 Å². The highest BCUT2D eigenvalue weighted by Crippen LogP contribution is 2.27. The summed E-state index contributed by atoms with van der Waals surface area (Å²) < 4.78 is 5.09. The molecule has 1 aromatic heterocycles. The van der Waals surface area contributed by atoms with E-state index in [-0.39, 0.29) is 11.4 Å². The standard InChI is InChI=1S/C15H18O3/c1-3-4-5-6-11-8-12-10(2)7-15(17)18-14(12)9-13(11)16/h7-9,16H,3-6H2,1-2H3. The molecule has 0 unspecified atom stereocenters. The van der Waals surface area contributed by atoms with Crippen LogP contribution in [0.4, 0.5) is 0 Å². The van der Waals surface area contributed by atoms with E-state index < -0.39 is 0 Å². The number of aryl methyl sites for hydroxylation is 2. The lowest BCUT2D eigenvalue weighted by Crippen LogP contribution is -1.98. The van der Waals surface area contributed by atoms with Crippen molar-refractivity contribution in [3.05, 3.63) is 39.7 Å². The van der Waals surface area contributed by atoms with Crippen molar-refractivity contribution < 1.29 is 9.52 Å². The molecule has 3 heteroatoms. The molecule has 1 N–H and O–H groups in total. The van der Waals surface area contributed by atoms with Gasteiger partial charge in [-0.1, -0.05) is 19.8 Å². The van der Waals surface area contributed by atoms with Crippen LogP contribution in [0.5, 0.6) is 5.75 Å². The number of hydrogen-bond acceptors (Lipinski definition) is 3. The third kappa shape index (κ3) is 2.55. The first-order valence-corrected chi connectivity index (χ1v) is 6.38. The fraction of sp³-hybridized carbons (Fsp3) is 0.400. The zero-order valence-corrected chi connectivity index (χ0v) is 10.8. The Morgan fingerprint density at radius 1 is 1.22 bits per heavy atom. The van der Waals surface area contributed by atoms with Crippen LogP contribution in [0.25, 0.3) is 11.0 Å². The summed E-state index contributed by atoms with van der Waals surface area (Å²) in [5, 5.41) is 10.8. The molecule has 2 rings (SSSR count). The highest BCUT2D eigenvalue weighted by Gasteiger charge is 2.08. The van der Waals surface area contributed by atoms with Crippen molar-refractivity contribution in [2.75, 3.05) is 0 Å². The number of fused-ring (bicyclic) bond motifs is 1. The van der Waals surface area contributed by atoms with Crippen molar-refractivity contribution in [2.24, 2.45) is 0 Å². The average molecular weight is 246 g/mol. The van der Waals surface area contributed by atoms with E-state index in [0.29, 0.717) is 5.58 Å². The summed E-state index contributed by atoms with van der Waals surface area (Å²) in [6.07, 6.45) is 4.22. The lowest BCUT2D eigenvalue weighted by atomic mass is 10.0. The van der Waals surface area contributed by atoms with Gasteiger partial charge in [-0.15, -0.1) is 0 Å². The first kappa shape index (κ1) is 12.7. The third-order valence-electron chi connectivity index (χ3n) is 3.20. The molecule has 2 aromatic rings. The molecule has 3 nitrogen and oxygen atoms in total. The Hall–Kier alpha value is -1.77. The lowest BCUT2D eigenvalue weighted by molar-refractivity contribution is 0.464. The number of benzene rings is 1. The number of rotatable bonds is 4. The van der Waals surface area contributed by atoms with E-state index in [2.05, 4.69) is 6.92 Å². The smallest absolute Gasteiger partial charge is 0.336 e. The Morgan fingerprint density at radius 2 is 2.00 bits per heavy atom. The van der Waals surface area contributed by atoms with Gasteiger partial charge in [-0.3, -0.25) is 0 Å². The van der Waals surface area contributed by atoms with Gasteiger partial charge in [0.2, 0.25) is 0 Å². The summed E-state index contributed by atoms with van der Waals surface area (Å²) in [6, 6.07) is 4.96. The molecule has 18 heavy (non-hydrogen) atoms. The fourth-order valence-corrected chi connectivity index (χ4v) is 2.16. The molecule has 0 aliphatic rings. The Kier molecular flexibility index (Phi) is 3.70. The highest BCUT2D eigenvalue weighted by atomic mass is 16.4. The summed E-state index contributed by atoms with van der Waals surface area (Å²) >= 11 is 0. The van der Waals surface area contributed by atoms with E-state index >= 15 is 0 Å². The quantitative estimate of drug-likeness (QED) is 0.663. The normalized spacial score (nSPS) is 11.0. The molecule has 0 atom stereocenters. The SMILES string of the molecule is CCCCCc1cc2c(C)cc(=O)oc2cc1O. The van der Waals surface area contributed by atoms with Crippen LogP contribution in [0, 0.1) is 6.92 Å². The van der Waals surface area contributed by atoms with Crippen molar-refractivity contribution in [1.29, 1.82) is 0 Å². The molecule has 0 fully saturated rings. The summed E-state index contributed by atoms with van der Waals surface area (Å²) in [4.78, 5) is 11.3. The largest absolute Gasteiger partial charge is 0.508 e. The second-order valence-corrected chi connectivity index (χ2v) is 4.68. The molecule has 1 heterocycles. The van der Waals surface area contributed by atoms with Gasteiger partial charge in [0, 0.05) is 17.5 Å². The van der Waals surface area contributed by atoms with Crippen molar-refractivity contribution in [2.45, 2.75) is 39.5 Å². The van der Waals surface area contributed by atoms with Crippen molar-refractivity contribution >= 4 is 11.0 Å². The van der Waals surface area contributed by atoms with Crippen LogP contribution in [-0.4, -0.2) is 5.11 Å². The van der Waals surface area contributed by atoms with E-state index in [9.17, 15) is 9.90 Å². The van der Waals surface area contributed by atoms with Gasteiger partial charge in [-0.05, 0) is 37.0 Å². The summed E-state index contributed by atoms with van der Waals surface area (Å²) in [6.45, 7) is 4.03. The van der Waals surface area contributed by atoms with Gasteiger partial charge < -0.3 is 9.52 Å². The Labute approximate surface area is 106 Å². The molecule has 0 saturated carbocycles. The maximum atomic E-state index is 11.3. The second-order valence-electron chi connectivity index (χ2n) is 4.68. The molecular weight excluding hydrogens is 228 g/mol. The predicted molar refractivity (Wildman–Crippen MR) is 72.1 cm³/mol. The van der Waals surface area contributed by atoms with Crippen molar-refractivity contribution in [3.8, 4) is 5.75 Å². The van der Waals surface area contributed by atoms with E-state index in [1.54, 1.807) is 6.07 Å². The van der Waals surface area contributed by atoms with E-state index in [1.807, 2.05) is 13.0 Å². The van der Waals surface area contributed by atoms with Crippen LogP contribution in [0.15, 0.2) is 27.4 Å². The molecule has 1 aromatic carbocycles. The van der Waals surface area contributed by atoms with Gasteiger partial charge >= 0.3 is 5.63 Å². The monoisotopic (exact) mass is 246 g/mol. The topological polar surface area (TPSA) is 50.4 Å². The maximum Gasteiger partial charge on any atom is 0.336 e. The minimum atomic E-state index is -0.377. The average Bonchev–Trinajstić information content (AvgIpc) is 2.30. The van der Waals surface area contributed by atoms with Crippen molar-refractivity contribution in [3.63, 3.8) is 0 Å². The van der Waals surface area contributed by atoms with Crippen LogP contribution in [0.2, 0.25) is 0 Å². The maximum absolute atomic E-state index is 11.3. The number of aromatic hydroxyl groups is 1. The van der Waals surface area contributed by atoms with Crippen molar-refractivity contribution in [1.82, 2.24) is 0 Å². The lowest BCUT2D eigenvalue weighted by Gasteiger charge is -2.07. The van der Waals surface area contributed by atoms with Crippen LogP contribution >= 0.6 is 0 Å². The van der Waals surface area contributed by atoms with Gasteiger partial charge in [-0.25, -0.2) is 4.79 Å². The number of hydrogen-bond donors (Lipinski definition) is 1. The summed E-state index contributed by atoms with van der Waals surface area (Å²) in [5.74, 6) is 0.215. The van der Waals surface area contributed by atoms with Crippen LogP contribution in [0.3, 0.4) is 0 Å². The number of unbranched alkanes of at least 4 members (excludes halogenated alkanes) is 2. The Morgan fingerprint density at radius 3 is 2.72 bits per heavy atom. The van der Waals surface area contributed by atoms with Gasteiger partial charge in [0.1, 0.15) is 11.3 Å². The van der Waals surface area contributed by atoms with Crippen LogP contribution in [-0.2, 0) is 6.42 Å². The first-order chi connectivity index (χ1) is 8.61. The third-order valence-corrected chi connectivity index (χ3v) is 3.20. The van der Waals surface area contributed by atoms with Gasteiger partial charge in [0.15, 0.2) is 0 Å². The molecular formula is C15H18O3. The number of phenolic OH excluding ortho intramolecular Hbond substituents is 1. The Balaban J connectivity index is 2.44. The first-order valence-electron chi connectivity index (χ1n) is 6.38. The minimum absolute atomic E-state index is 0.215. The summed E-state index contributed by atoms with van der Waals surface area (Å²) in [7, 11) is 0. The van der Waals surface area contributed by atoms with Crippen LogP contribution in [0.1, 0.15) is 37.3 Å². The van der Waals surface area contributed by atoms with E-state index in [1.165, 1.54) is 6.07 Å². The van der Waals surface area contributed by atoms with Crippen LogP contribution < -0.4 is 5.63 Å². The molecule has 0 radical (unpaired) electrons. The molecule has 0 aliphatic heterocycles. The van der Waals surface area contributed by atoms with E-state index in [4.69, 9.17) is 4.42 Å². The summed E-state index contributed by atoms with van der Waals surface area (Å²) in [5.41, 5.74) is 1.89. The molecule has 0 aliphatic carbocycles. The minimum Gasteiger partial charge on any atom is -0.508 e. The van der Waals surface area contributed by atoms with Gasteiger partial charge in [-0.2, -0.15) is 0 Å². The molecule has 0 amide bonds. The Bertz CT molecular complexity index is 611. The number of phenols is 1.